The Morgan fingerprint density at radius 2 is 1.57 bits per heavy atom. The molecule has 4 aliphatic rings. The molecule has 2 N–H and O–H groups in total. The van der Waals surface area contributed by atoms with Gasteiger partial charge in [0.05, 0.1) is 0 Å². The van der Waals surface area contributed by atoms with Gasteiger partial charge in [0.1, 0.15) is 12.1 Å². The third-order valence-corrected chi connectivity index (χ3v) is 8.51. The second-order valence-corrected chi connectivity index (χ2v) is 10.4. The van der Waals surface area contributed by atoms with Crippen LogP contribution in [0.3, 0.4) is 0 Å². The standard InChI is InChI=1S/C28H30N2O5/c31-25(30-18-11-13-28(30,14-12-18)26(32)33)15-24(17-9-10-17)29-27(34)35-16-23-21-7-3-1-5-19(21)20-6-2-4-8-22(20)23/h1-8,17-18,23-24H,9-16H2,(H,29,34)(H,32,33). The highest BCUT2D eigenvalue weighted by Gasteiger charge is 2.58. The van der Waals surface area contributed by atoms with Crippen LogP contribution in [0.2, 0.25) is 0 Å². The maximum Gasteiger partial charge on any atom is 0.407 e. The summed E-state index contributed by atoms with van der Waals surface area (Å²) in [5.74, 6) is -0.855. The van der Waals surface area contributed by atoms with Crippen molar-refractivity contribution in [2.45, 2.75) is 68.5 Å². The van der Waals surface area contributed by atoms with Gasteiger partial charge < -0.3 is 20.1 Å². The van der Waals surface area contributed by atoms with Crippen LogP contribution >= 0.6 is 0 Å². The summed E-state index contributed by atoms with van der Waals surface area (Å²) in [5.41, 5.74) is 3.59. The Labute approximate surface area is 204 Å². The van der Waals surface area contributed by atoms with Crippen molar-refractivity contribution in [2.24, 2.45) is 5.92 Å². The van der Waals surface area contributed by atoms with Crippen LogP contribution in [0, 0.1) is 5.92 Å². The van der Waals surface area contributed by atoms with Crippen LogP contribution in [0.4, 0.5) is 4.79 Å². The quantitative estimate of drug-likeness (QED) is 0.624. The number of fused-ring (bicyclic) bond motifs is 5. The number of rotatable bonds is 7. The molecule has 2 saturated heterocycles. The highest BCUT2D eigenvalue weighted by atomic mass is 16.5. The second kappa shape index (κ2) is 8.40. The molecule has 1 unspecified atom stereocenters. The second-order valence-electron chi connectivity index (χ2n) is 10.4. The van der Waals surface area contributed by atoms with Crippen molar-refractivity contribution in [1.82, 2.24) is 10.2 Å². The van der Waals surface area contributed by atoms with E-state index < -0.39 is 17.6 Å². The molecule has 2 heterocycles. The molecule has 1 saturated carbocycles. The molecule has 2 aromatic carbocycles. The average molecular weight is 475 g/mol. The normalized spacial score (nSPS) is 25.1. The zero-order valence-electron chi connectivity index (χ0n) is 19.6. The maximum absolute atomic E-state index is 13.3. The van der Waals surface area contributed by atoms with E-state index in [-0.39, 0.29) is 42.9 Å². The number of hydrogen-bond donors (Lipinski definition) is 2. The van der Waals surface area contributed by atoms with Crippen LogP contribution in [-0.2, 0) is 14.3 Å². The van der Waals surface area contributed by atoms with Gasteiger partial charge in [-0.05, 0) is 66.7 Å². The molecule has 0 radical (unpaired) electrons. The Balaban J connectivity index is 1.11. The van der Waals surface area contributed by atoms with Gasteiger partial charge in [-0.2, -0.15) is 0 Å². The summed E-state index contributed by atoms with van der Waals surface area (Å²) in [6.07, 6.45) is 4.04. The monoisotopic (exact) mass is 474 g/mol. The minimum Gasteiger partial charge on any atom is -0.479 e. The third kappa shape index (κ3) is 3.68. The predicted molar refractivity (Wildman–Crippen MR) is 129 cm³/mol. The van der Waals surface area contributed by atoms with Crippen molar-refractivity contribution in [1.29, 1.82) is 0 Å². The van der Waals surface area contributed by atoms with Crippen LogP contribution in [0.15, 0.2) is 48.5 Å². The zero-order chi connectivity index (χ0) is 24.2. The van der Waals surface area contributed by atoms with E-state index in [4.69, 9.17) is 4.74 Å². The molecule has 2 amide bonds. The molecule has 0 aromatic heterocycles. The number of ether oxygens (including phenoxy) is 1. The smallest absolute Gasteiger partial charge is 0.407 e. The Morgan fingerprint density at radius 1 is 0.971 bits per heavy atom. The zero-order valence-corrected chi connectivity index (χ0v) is 19.6. The third-order valence-electron chi connectivity index (χ3n) is 8.51. The number of benzene rings is 2. The predicted octanol–water partition coefficient (Wildman–Crippen LogP) is 4.30. The van der Waals surface area contributed by atoms with E-state index in [9.17, 15) is 19.5 Å². The van der Waals surface area contributed by atoms with Gasteiger partial charge in [-0.15, -0.1) is 0 Å². The molecule has 7 heteroatoms. The topological polar surface area (TPSA) is 95.9 Å². The summed E-state index contributed by atoms with van der Waals surface area (Å²) in [7, 11) is 0. The van der Waals surface area contributed by atoms with Gasteiger partial charge in [-0.3, -0.25) is 4.79 Å². The number of alkyl carbamates (subject to hydrolysis) is 1. The van der Waals surface area contributed by atoms with Gasteiger partial charge in [-0.25, -0.2) is 9.59 Å². The summed E-state index contributed by atoms with van der Waals surface area (Å²) in [5, 5.41) is 12.8. The van der Waals surface area contributed by atoms with Crippen LogP contribution < -0.4 is 5.32 Å². The van der Waals surface area contributed by atoms with Gasteiger partial charge in [0.15, 0.2) is 0 Å². The molecule has 0 spiro atoms. The number of carbonyl (C=O) groups excluding carboxylic acids is 2. The van der Waals surface area contributed by atoms with E-state index in [1.165, 1.54) is 11.1 Å². The summed E-state index contributed by atoms with van der Waals surface area (Å²) < 4.78 is 5.70. The lowest BCUT2D eigenvalue weighted by atomic mass is 9.88. The lowest BCUT2D eigenvalue weighted by molar-refractivity contribution is -0.155. The van der Waals surface area contributed by atoms with Crippen LogP contribution in [0.25, 0.3) is 11.1 Å². The van der Waals surface area contributed by atoms with Gasteiger partial charge in [0.2, 0.25) is 5.91 Å². The Morgan fingerprint density at radius 3 is 2.14 bits per heavy atom. The van der Waals surface area contributed by atoms with E-state index in [2.05, 4.69) is 29.6 Å². The largest absolute Gasteiger partial charge is 0.479 e. The first-order valence-corrected chi connectivity index (χ1v) is 12.6. The van der Waals surface area contributed by atoms with Crippen molar-refractivity contribution >= 4 is 18.0 Å². The Kier molecular flexibility index (Phi) is 5.31. The first-order valence-electron chi connectivity index (χ1n) is 12.6. The van der Waals surface area contributed by atoms with Gasteiger partial charge in [0, 0.05) is 24.4 Å². The lowest BCUT2D eigenvalue weighted by Gasteiger charge is -2.32. The molecule has 6 rings (SSSR count). The Bertz CT molecular complexity index is 1140. The number of aliphatic carboxylic acids is 1. The number of amides is 2. The van der Waals surface area contributed by atoms with Gasteiger partial charge >= 0.3 is 12.1 Å². The average Bonchev–Trinajstić information content (AvgIpc) is 3.45. The SMILES string of the molecule is O=C(NC(CC(=O)N1C2CCC1(C(=O)O)CC2)C1CC1)OCC1c2ccccc2-c2ccccc21. The summed E-state index contributed by atoms with van der Waals surface area (Å²) in [6, 6.07) is 16.1. The molecular formula is C28H30N2O5. The fraction of sp³-hybridized carbons (Fsp3) is 0.464. The van der Waals surface area contributed by atoms with Crippen LogP contribution in [-0.4, -0.2) is 52.2 Å². The van der Waals surface area contributed by atoms with Gasteiger partial charge in [0.25, 0.3) is 0 Å². The molecule has 2 aliphatic carbocycles. The molecule has 2 aliphatic heterocycles. The fourth-order valence-electron chi connectivity index (χ4n) is 6.60. The number of nitrogens with one attached hydrogen (secondary N) is 1. The lowest BCUT2D eigenvalue weighted by Crippen LogP contribution is -2.52. The van der Waals surface area contributed by atoms with E-state index in [0.29, 0.717) is 12.8 Å². The summed E-state index contributed by atoms with van der Waals surface area (Å²) in [4.78, 5) is 39.7. The van der Waals surface area contributed by atoms with E-state index in [1.807, 2.05) is 24.3 Å². The van der Waals surface area contributed by atoms with Crippen LogP contribution in [0.5, 0.6) is 0 Å². The molecule has 3 fully saturated rings. The van der Waals surface area contributed by atoms with Gasteiger partial charge in [-0.1, -0.05) is 48.5 Å². The summed E-state index contributed by atoms with van der Waals surface area (Å²) in [6.45, 7) is 0.224. The first kappa shape index (κ1) is 22.1. The van der Waals surface area contributed by atoms with Crippen LogP contribution in [0.1, 0.15) is 62.0 Å². The first-order chi connectivity index (χ1) is 17.0. The van der Waals surface area contributed by atoms with Crippen molar-refractivity contribution in [3.63, 3.8) is 0 Å². The van der Waals surface area contributed by atoms with Crippen molar-refractivity contribution in [2.75, 3.05) is 6.61 Å². The van der Waals surface area contributed by atoms with Crippen molar-refractivity contribution < 1.29 is 24.2 Å². The maximum atomic E-state index is 13.3. The molecule has 7 nitrogen and oxygen atoms in total. The molecule has 35 heavy (non-hydrogen) atoms. The van der Waals surface area contributed by atoms with Crippen molar-refractivity contribution in [3.05, 3.63) is 59.7 Å². The number of carbonyl (C=O) groups is 3. The molecule has 1 atom stereocenters. The molecule has 2 aromatic rings. The fourth-order valence-corrected chi connectivity index (χ4v) is 6.60. The van der Waals surface area contributed by atoms with E-state index in [1.54, 1.807) is 4.90 Å². The minimum absolute atomic E-state index is 0.00732. The highest BCUT2D eigenvalue weighted by molar-refractivity contribution is 5.89. The number of carboxylic acids is 1. The number of hydrogen-bond acceptors (Lipinski definition) is 4. The molecular weight excluding hydrogens is 444 g/mol. The van der Waals surface area contributed by atoms with E-state index in [0.717, 1.165) is 36.8 Å². The highest BCUT2D eigenvalue weighted by Crippen LogP contribution is 2.48. The molecule has 182 valence electrons. The summed E-state index contributed by atoms with van der Waals surface area (Å²) >= 11 is 0. The molecule has 2 bridgehead atoms. The van der Waals surface area contributed by atoms with Crippen molar-refractivity contribution in [3.8, 4) is 11.1 Å². The Hall–Kier alpha value is -3.35. The minimum atomic E-state index is -1.06. The number of carboxylic acid groups (broad SMARTS) is 1. The number of nitrogens with zero attached hydrogens (tertiary/aromatic N) is 1. The van der Waals surface area contributed by atoms with E-state index >= 15 is 0 Å².